The fourth-order valence-electron chi connectivity index (χ4n) is 6.95. The standard InChI is InChI=1S/C34H58O/c1-3-5-7-8-9-10-12-28-35-34-26-20-31(21-27-34)15-14-30-18-24-33(25-19-30)32-22-16-29(17-23-32)13-11-6-4-2/h20-21,26-27,29-30,32-33H,3-19,22-25,28H2,1-2H3/t29-,30-,32-,33-. The van der Waals surface area contributed by atoms with E-state index in [1.165, 1.54) is 128 Å². The molecule has 0 unspecified atom stereocenters. The highest BCUT2D eigenvalue weighted by Gasteiger charge is 2.30. The first-order valence-corrected chi connectivity index (χ1v) is 16.0. The minimum atomic E-state index is 0.872. The van der Waals surface area contributed by atoms with Crippen LogP contribution in [0.4, 0.5) is 0 Å². The lowest BCUT2D eigenvalue weighted by atomic mass is 9.68. The van der Waals surface area contributed by atoms with Crippen LogP contribution < -0.4 is 4.74 Å². The van der Waals surface area contributed by atoms with E-state index in [1.54, 1.807) is 12.8 Å². The van der Waals surface area contributed by atoms with Gasteiger partial charge >= 0.3 is 0 Å². The number of aryl methyl sites for hydroxylation is 1. The van der Waals surface area contributed by atoms with Crippen molar-refractivity contribution >= 4 is 0 Å². The smallest absolute Gasteiger partial charge is 0.119 e. The zero-order valence-electron chi connectivity index (χ0n) is 23.6. The number of unbranched alkanes of at least 4 members (excludes halogenated alkanes) is 8. The first-order valence-electron chi connectivity index (χ1n) is 16.0. The van der Waals surface area contributed by atoms with E-state index in [1.807, 2.05) is 0 Å². The highest BCUT2D eigenvalue weighted by atomic mass is 16.5. The lowest BCUT2D eigenvalue weighted by Crippen LogP contribution is -2.26. The zero-order chi connectivity index (χ0) is 24.6. The molecule has 0 spiro atoms. The molecule has 200 valence electrons. The highest BCUT2D eigenvalue weighted by molar-refractivity contribution is 5.27. The Labute approximate surface area is 219 Å². The first-order chi connectivity index (χ1) is 17.3. The predicted molar refractivity (Wildman–Crippen MR) is 153 cm³/mol. The summed E-state index contributed by atoms with van der Waals surface area (Å²) in [6.45, 7) is 5.49. The third-order valence-corrected chi connectivity index (χ3v) is 9.45. The van der Waals surface area contributed by atoms with Crippen LogP contribution in [0.15, 0.2) is 24.3 Å². The average Bonchev–Trinajstić information content (AvgIpc) is 2.90. The van der Waals surface area contributed by atoms with Gasteiger partial charge in [-0.15, -0.1) is 0 Å². The molecule has 0 aliphatic heterocycles. The number of rotatable bonds is 17. The van der Waals surface area contributed by atoms with Crippen molar-refractivity contribution in [2.75, 3.05) is 6.61 Å². The minimum Gasteiger partial charge on any atom is -0.494 e. The van der Waals surface area contributed by atoms with Crippen LogP contribution in [-0.2, 0) is 6.42 Å². The van der Waals surface area contributed by atoms with Crippen LogP contribution in [0.1, 0.15) is 148 Å². The Bertz CT molecular complexity index is 618. The molecule has 0 atom stereocenters. The maximum atomic E-state index is 5.98. The second kappa shape index (κ2) is 17.5. The van der Waals surface area contributed by atoms with E-state index in [-0.39, 0.29) is 0 Å². The van der Waals surface area contributed by atoms with Crippen LogP contribution in [0.25, 0.3) is 0 Å². The van der Waals surface area contributed by atoms with Crippen molar-refractivity contribution in [3.05, 3.63) is 29.8 Å². The van der Waals surface area contributed by atoms with E-state index < -0.39 is 0 Å². The molecule has 2 aliphatic rings. The monoisotopic (exact) mass is 482 g/mol. The average molecular weight is 483 g/mol. The molecule has 1 nitrogen and oxygen atoms in total. The molecule has 1 aromatic rings. The van der Waals surface area contributed by atoms with Gasteiger partial charge in [-0.3, -0.25) is 0 Å². The third-order valence-electron chi connectivity index (χ3n) is 9.45. The molecule has 1 heteroatoms. The summed E-state index contributed by atoms with van der Waals surface area (Å²) in [6.07, 6.45) is 30.0. The van der Waals surface area contributed by atoms with Crippen molar-refractivity contribution in [2.24, 2.45) is 23.7 Å². The normalized spacial score (nSPS) is 25.0. The third kappa shape index (κ3) is 11.3. The van der Waals surface area contributed by atoms with Gasteiger partial charge in [0.1, 0.15) is 5.75 Å². The molecular formula is C34H58O. The molecule has 2 fully saturated rings. The molecule has 1 aromatic carbocycles. The van der Waals surface area contributed by atoms with Crippen molar-refractivity contribution in [3.8, 4) is 5.75 Å². The fraction of sp³-hybridized carbons (Fsp3) is 0.824. The van der Waals surface area contributed by atoms with Gasteiger partial charge in [0.2, 0.25) is 0 Å². The van der Waals surface area contributed by atoms with E-state index in [9.17, 15) is 0 Å². The lowest BCUT2D eigenvalue weighted by molar-refractivity contribution is 0.140. The summed E-state index contributed by atoms with van der Waals surface area (Å²) in [5.41, 5.74) is 1.50. The Morgan fingerprint density at radius 2 is 1.09 bits per heavy atom. The molecule has 35 heavy (non-hydrogen) atoms. The van der Waals surface area contributed by atoms with Crippen LogP contribution in [0, 0.1) is 23.7 Å². The maximum Gasteiger partial charge on any atom is 0.119 e. The van der Waals surface area contributed by atoms with Crippen LogP contribution in [0.3, 0.4) is 0 Å². The van der Waals surface area contributed by atoms with E-state index in [0.717, 1.165) is 36.0 Å². The Morgan fingerprint density at radius 1 is 0.571 bits per heavy atom. The van der Waals surface area contributed by atoms with Crippen LogP contribution >= 0.6 is 0 Å². The molecule has 0 saturated heterocycles. The largest absolute Gasteiger partial charge is 0.494 e. The summed E-state index contributed by atoms with van der Waals surface area (Å²) in [4.78, 5) is 0. The molecule has 2 saturated carbocycles. The van der Waals surface area contributed by atoms with Gasteiger partial charge in [-0.05, 0) is 86.3 Å². The van der Waals surface area contributed by atoms with E-state index >= 15 is 0 Å². The molecule has 0 aromatic heterocycles. The van der Waals surface area contributed by atoms with E-state index in [0.29, 0.717) is 0 Å². The lowest BCUT2D eigenvalue weighted by Gasteiger charge is -2.38. The number of hydrogen-bond donors (Lipinski definition) is 0. The molecule has 0 N–H and O–H groups in total. The van der Waals surface area contributed by atoms with Gasteiger partial charge in [0, 0.05) is 0 Å². The van der Waals surface area contributed by atoms with Crippen molar-refractivity contribution in [1.82, 2.24) is 0 Å². The Kier molecular flexibility index (Phi) is 14.3. The number of ether oxygens (including phenoxy) is 1. The van der Waals surface area contributed by atoms with Crippen molar-refractivity contribution in [1.29, 1.82) is 0 Å². The van der Waals surface area contributed by atoms with Gasteiger partial charge < -0.3 is 4.74 Å². The second-order valence-corrected chi connectivity index (χ2v) is 12.2. The Morgan fingerprint density at radius 3 is 1.69 bits per heavy atom. The zero-order valence-corrected chi connectivity index (χ0v) is 23.6. The summed E-state index contributed by atoms with van der Waals surface area (Å²) >= 11 is 0. The summed E-state index contributed by atoms with van der Waals surface area (Å²) in [6, 6.07) is 9.02. The van der Waals surface area contributed by atoms with Crippen LogP contribution in [-0.4, -0.2) is 6.61 Å². The first kappa shape index (κ1) is 28.6. The fourth-order valence-corrected chi connectivity index (χ4v) is 6.95. The van der Waals surface area contributed by atoms with Gasteiger partial charge in [-0.25, -0.2) is 0 Å². The maximum absolute atomic E-state index is 5.98. The number of hydrogen-bond acceptors (Lipinski definition) is 1. The summed E-state index contributed by atoms with van der Waals surface area (Å²) < 4.78 is 5.98. The molecule has 0 amide bonds. The summed E-state index contributed by atoms with van der Waals surface area (Å²) in [5.74, 6) is 5.19. The Hall–Kier alpha value is -0.980. The van der Waals surface area contributed by atoms with Gasteiger partial charge in [0.25, 0.3) is 0 Å². The molecular weight excluding hydrogens is 424 g/mol. The minimum absolute atomic E-state index is 0.872. The molecule has 0 heterocycles. The topological polar surface area (TPSA) is 9.23 Å². The molecule has 2 aliphatic carbocycles. The van der Waals surface area contributed by atoms with E-state index in [4.69, 9.17) is 4.74 Å². The van der Waals surface area contributed by atoms with Crippen molar-refractivity contribution in [2.45, 2.75) is 149 Å². The van der Waals surface area contributed by atoms with Crippen molar-refractivity contribution < 1.29 is 4.74 Å². The summed E-state index contributed by atoms with van der Waals surface area (Å²) in [5, 5.41) is 0. The Balaban J connectivity index is 1.23. The van der Waals surface area contributed by atoms with Crippen LogP contribution in [0.5, 0.6) is 5.75 Å². The van der Waals surface area contributed by atoms with Gasteiger partial charge in [-0.1, -0.05) is 116 Å². The molecule has 0 bridgehead atoms. The van der Waals surface area contributed by atoms with E-state index in [2.05, 4.69) is 38.1 Å². The van der Waals surface area contributed by atoms with Crippen LogP contribution in [0.2, 0.25) is 0 Å². The summed E-state index contributed by atoms with van der Waals surface area (Å²) in [7, 11) is 0. The van der Waals surface area contributed by atoms with Gasteiger partial charge in [0.15, 0.2) is 0 Å². The molecule has 0 radical (unpaired) electrons. The van der Waals surface area contributed by atoms with Crippen molar-refractivity contribution in [3.63, 3.8) is 0 Å². The number of benzene rings is 1. The van der Waals surface area contributed by atoms with Gasteiger partial charge in [0.05, 0.1) is 6.61 Å². The SMILES string of the molecule is CCCCCCCCCOc1ccc(CC[C@H]2CC[C@H]([C@H]3CC[C@H](CCCCC)CC3)CC2)cc1. The highest BCUT2D eigenvalue weighted by Crippen LogP contribution is 2.43. The predicted octanol–water partition coefficient (Wildman–Crippen LogP) is 10.9. The second-order valence-electron chi connectivity index (χ2n) is 12.2. The molecule has 3 rings (SSSR count). The van der Waals surface area contributed by atoms with Gasteiger partial charge in [-0.2, -0.15) is 0 Å². The quantitative estimate of drug-likeness (QED) is 0.201.